The molecule has 16 heavy (non-hydrogen) atoms. The van der Waals surface area contributed by atoms with Crippen LogP contribution in [0.4, 0.5) is 0 Å². The summed E-state index contributed by atoms with van der Waals surface area (Å²) >= 11 is 0. The summed E-state index contributed by atoms with van der Waals surface area (Å²) < 4.78 is 11.3. The van der Waals surface area contributed by atoms with Gasteiger partial charge in [0.2, 0.25) is 0 Å². The average Bonchev–Trinajstić information content (AvgIpc) is 2.22. The Morgan fingerprint density at radius 3 is 2.44 bits per heavy atom. The first-order valence-electron chi connectivity index (χ1n) is 6.17. The molecule has 1 rings (SSSR count). The van der Waals surface area contributed by atoms with Gasteiger partial charge in [0.05, 0.1) is 11.7 Å². The maximum absolute atomic E-state index is 5.94. The molecule has 0 heterocycles. The highest BCUT2D eigenvalue weighted by Crippen LogP contribution is 2.42. The molecule has 1 saturated carbocycles. The van der Waals surface area contributed by atoms with Gasteiger partial charge in [-0.15, -0.1) is 0 Å². The highest BCUT2D eigenvalue weighted by atomic mass is 16.5. The Labute approximate surface area is 99.9 Å². The van der Waals surface area contributed by atoms with E-state index in [0.29, 0.717) is 12.1 Å². The van der Waals surface area contributed by atoms with Gasteiger partial charge in [0, 0.05) is 25.2 Å². The zero-order valence-corrected chi connectivity index (χ0v) is 11.6. The molecule has 1 fully saturated rings. The highest BCUT2D eigenvalue weighted by Gasteiger charge is 2.48. The fraction of sp³-hybridized carbons (Fsp3) is 1.00. The van der Waals surface area contributed by atoms with Crippen LogP contribution in [0.15, 0.2) is 0 Å². The summed E-state index contributed by atoms with van der Waals surface area (Å²) in [4.78, 5) is 0. The van der Waals surface area contributed by atoms with Gasteiger partial charge in [0.15, 0.2) is 0 Å². The molecular weight excluding hydrogens is 202 g/mol. The van der Waals surface area contributed by atoms with Gasteiger partial charge < -0.3 is 14.8 Å². The van der Waals surface area contributed by atoms with Crippen LogP contribution in [0.1, 0.15) is 40.5 Å². The Bertz CT molecular complexity index is 226. The normalized spacial score (nSPS) is 28.9. The minimum absolute atomic E-state index is 0.0731. The number of hydrogen-bond acceptors (Lipinski definition) is 3. The number of ether oxygens (including phenoxy) is 2. The third kappa shape index (κ3) is 2.96. The van der Waals surface area contributed by atoms with E-state index in [4.69, 9.17) is 9.47 Å². The molecule has 0 aromatic carbocycles. The summed E-state index contributed by atoms with van der Waals surface area (Å²) in [6.07, 6.45) is 2.45. The van der Waals surface area contributed by atoms with Crippen molar-refractivity contribution in [3.63, 3.8) is 0 Å². The second-order valence-electron chi connectivity index (χ2n) is 5.97. The fourth-order valence-corrected chi connectivity index (χ4v) is 2.21. The monoisotopic (exact) mass is 229 g/mol. The van der Waals surface area contributed by atoms with Crippen molar-refractivity contribution in [2.45, 2.75) is 58.3 Å². The van der Waals surface area contributed by atoms with E-state index >= 15 is 0 Å². The van der Waals surface area contributed by atoms with Crippen molar-refractivity contribution < 1.29 is 9.47 Å². The molecular formula is C13H27NO2. The Morgan fingerprint density at radius 1 is 1.38 bits per heavy atom. The van der Waals surface area contributed by atoms with Crippen molar-refractivity contribution in [2.24, 2.45) is 5.41 Å². The quantitative estimate of drug-likeness (QED) is 0.757. The first kappa shape index (κ1) is 13.9. The molecule has 3 heteroatoms. The molecule has 3 nitrogen and oxygen atoms in total. The molecule has 96 valence electrons. The summed E-state index contributed by atoms with van der Waals surface area (Å²) in [6.45, 7) is 9.51. The standard InChI is InChI=1S/C13H27NO2/c1-12(2,15-6)7-8-16-11-9-10(14-5)13(11,3)4/h10-11,14H,7-9H2,1-6H3. The first-order valence-corrected chi connectivity index (χ1v) is 6.17. The van der Waals surface area contributed by atoms with Gasteiger partial charge in [-0.2, -0.15) is 0 Å². The predicted molar refractivity (Wildman–Crippen MR) is 66.7 cm³/mol. The molecule has 1 aliphatic carbocycles. The van der Waals surface area contributed by atoms with Gasteiger partial charge in [0.1, 0.15) is 0 Å². The second kappa shape index (κ2) is 5.03. The van der Waals surface area contributed by atoms with E-state index in [1.165, 1.54) is 0 Å². The van der Waals surface area contributed by atoms with Crippen molar-refractivity contribution >= 4 is 0 Å². The lowest BCUT2D eigenvalue weighted by Gasteiger charge is -2.51. The Hall–Kier alpha value is -0.120. The van der Waals surface area contributed by atoms with Gasteiger partial charge in [-0.05, 0) is 33.7 Å². The summed E-state index contributed by atoms with van der Waals surface area (Å²) in [5, 5.41) is 3.33. The van der Waals surface area contributed by atoms with Crippen LogP contribution >= 0.6 is 0 Å². The van der Waals surface area contributed by atoms with E-state index in [0.717, 1.165) is 19.4 Å². The minimum Gasteiger partial charge on any atom is -0.379 e. The van der Waals surface area contributed by atoms with E-state index < -0.39 is 0 Å². The van der Waals surface area contributed by atoms with Gasteiger partial charge >= 0.3 is 0 Å². The highest BCUT2D eigenvalue weighted by molar-refractivity contribution is 5.02. The van der Waals surface area contributed by atoms with Crippen LogP contribution in [0.25, 0.3) is 0 Å². The Morgan fingerprint density at radius 2 is 2.00 bits per heavy atom. The molecule has 0 saturated heterocycles. The SMILES string of the molecule is CNC1CC(OCCC(C)(C)OC)C1(C)C. The van der Waals surface area contributed by atoms with E-state index in [1.54, 1.807) is 7.11 Å². The predicted octanol–water partition coefficient (Wildman–Crippen LogP) is 2.20. The van der Waals surface area contributed by atoms with Gasteiger partial charge in [-0.1, -0.05) is 13.8 Å². The average molecular weight is 229 g/mol. The van der Waals surface area contributed by atoms with Crippen LogP contribution in [-0.4, -0.2) is 38.5 Å². The summed E-state index contributed by atoms with van der Waals surface area (Å²) in [5.74, 6) is 0. The molecule has 0 bridgehead atoms. The third-order valence-electron chi connectivity index (χ3n) is 4.10. The second-order valence-corrected chi connectivity index (χ2v) is 5.97. The van der Waals surface area contributed by atoms with Gasteiger partial charge in [0.25, 0.3) is 0 Å². The summed E-state index contributed by atoms with van der Waals surface area (Å²) in [5.41, 5.74) is 0.183. The molecule has 0 aromatic heterocycles. The summed E-state index contributed by atoms with van der Waals surface area (Å²) in [7, 11) is 3.78. The van der Waals surface area contributed by atoms with Crippen molar-refractivity contribution in [3.8, 4) is 0 Å². The molecule has 2 atom stereocenters. The lowest BCUT2D eigenvalue weighted by molar-refractivity contribution is -0.127. The first-order chi connectivity index (χ1) is 7.33. The maximum atomic E-state index is 5.94. The molecule has 0 amide bonds. The number of rotatable bonds is 6. The van der Waals surface area contributed by atoms with Crippen molar-refractivity contribution in [1.29, 1.82) is 0 Å². The van der Waals surface area contributed by atoms with E-state index in [2.05, 4.69) is 33.0 Å². The van der Waals surface area contributed by atoms with Crippen LogP contribution in [0.3, 0.4) is 0 Å². The smallest absolute Gasteiger partial charge is 0.0655 e. The molecule has 0 aromatic rings. The lowest BCUT2D eigenvalue weighted by Crippen LogP contribution is -2.60. The van der Waals surface area contributed by atoms with Crippen molar-refractivity contribution in [1.82, 2.24) is 5.32 Å². The molecule has 0 spiro atoms. The van der Waals surface area contributed by atoms with Crippen molar-refractivity contribution in [2.75, 3.05) is 20.8 Å². The zero-order chi connectivity index (χ0) is 12.4. The van der Waals surface area contributed by atoms with Crippen LogP contribution in [-0.2, 0) is 9.47 Å². The number of methoxy groups -OCH3 is 1. The molecule has 0 radical (unpaired) electrons. The fourth-order valence-electron chi connectivity index (χ4n) is 2.21. The Balaban J connectivity index is 2.26. The lowest BCUT2D eigenvalue weighted by atomic mass is 9.64. The largest absolute Gasteiger partial charge is 0.379 e. The van der Waals surface area contributed by atoms with Crippen LogP contribution in [0.2, 0.25) is 0 Å². The van der Waals surface area contributed by atoms with E-state index in [9.17, 15) is 0 Å². The Kier molecular flexibility index (Phi) is 4.38. The van der Waals surface area contributed by atoms with Crippen LogP contribution < -0.4 is 5.32 Å². The minimum atomic E-state index is -0.0731. The topological polar surface area (TPSA) is 30.5 Å². The van der Waals surface area contributed by atoms with Gasteiger partial charge in [-0.3, -0.25) is 0 Å². The summed E-state index contributed by atoms with van der Waals surface area (Å²) in [6, 6.07) is 0.591. The molecule has 1 N–H and O–H groups in total. The van der Waals surface area contributed by atoms with Crippen LogP contribution in [0.5, 0.6) is 0 Å². The maximum Gasteiger partial charge on any atom is 0.0655 e. The van der Waals surface area contributed by atoms with Gasteiger partial charge in [-0.25, -0.2) is 0 Å². The zero-order valence-electron chi connectivity index (χ0n) is 11.6. The number of hydrogen-bond donors (Lipinski definition) is 1. The van der Waals surface area contributed by atoms with Crippen LogP contribution in [0, 0.1) is 5.41 Å². The molecule has 2 unspecified atom stereocenters. The molecule has 0 aliphatic heterocycles. The third-order valence-corrected chi connectivity index (χ3v) is 4.10. The molecule has 1 aliphatic rings. The van der Waals surface area contributed by atoms with E-state index in [-0.39, 0.29) is 11.0 Å². The number of nitrogens with one attached hydrogen (secondary N) is 1. The van der Waals surface area contributed by atoms with Crippen molar-refractivity contribution in [3.05, 3.63) is 0 Å². The van der Waals surface area contributed by atoms with E-state index in [1.807, 2.05) is 7.05 Å².